The summed E-state index contributed by atoms with van der Waals surface area (Å²) >= 11 is 1.87. The van der Waals surface area contributed by atoms with Crippen LogP contribution in [0.3, 0.4) is 0 Å². The third-order valence-corrected chi connectivity index (χ3v) is 9.91. The van der Waals surface area contributed by atoms with E-state index >= 15 is 0 Å². The summed E-state index contributed by atoms with van der Waals surface area (Å²) < 4.78 is 8.92. The number of hydrogen-bond acceptors (Lipinski definition) is 3. The van der Waals surface area contributed by atoms with Gasteiger partial charge in [-0.15, -0.1) is 11.3 Å². The molecule has 4 aromatic carbocycles. The fraction of sp³-hybridized carbons (Fsp3) is 0.0690. The molecule has 6 rings (SSSR count). The molecule has 0 saturated carbocycles. The third kappa shape index (κ3) is 3.88. The molecule has 1 aromatic heterocycles. The molecule has 1 atom stereocenters. The van der Waals surface area contributed by atoms with E-state index in [1.165, 1.54) is 30.9 Å². The summed E-state index contributed by atoms with van der Waals surface area (Å²) in [4.78, 5) is 5.09. The van der Waals surface area contributed by atoms with Gasteiger partial charge in [-0.2, -0.15) is 0 Å². The number of aliphatic imine (C=N–C) groups is 1. The van der Waals surface area contributed by atoms with Crippen molar-refractivity contribution in [3.8, 4) is 0 Å². The van der Waals surface area contributed by atoms with Gasteiger partial charge in [0.15, 0.2) is 0 Å². The highest BCUT2D eigenvalue weighted by Crippen LogP contribution is 2.41. The zero-order valence-corrected chi connectivity index (χ0v) is 19.7. The van der Waals surface area contributed by atoms with E-state index in [9.17, 15) is 0 Å². The third-order valence-electron chi connectivity index (χ3n) is 5.86. The van der Waals surface area contributed by atoms with E-state index in [0.29, 0.717) is 6.61 Å². The molecule has 0 aliphatic carbocycles. The highest BCUT2D eigenvalue weighted by Gasteiger charge is 2.30. The molecule has 0 N–H and O–H groups in total. The number of nitrogens with zero attached hydrogens (tertiary/aromatic N) is 1. The summed E-state index contributed by atoms with van der Waals surface area (Å²) in [5.74, 6) is 0.774. The molecule has 160 valence electrons. The summed E-state index contributed by atoms with van der Waals surface area (Å²) in [6.45, 7) is 0.581. The Labute approximate surface area is 199 Å². The Morgan fingerprint density at radius 1 is 0.697 bits per heavy atom. The molecule has 0 fully saturated rings. The normalized spacial score (nSPS) is 15.5. The van der Waals surface area contributed by atoms with Crippen LogP contribution >= 0.6 is 19.3 Å². The lowest BCUT2D eigenvalue weighted by Gasteiger charge is -2.19. The van der Waals surface area contributed by atoms with Crippen LogP contribution in [0, 0.1) is 0 Å². The Hall–Kier alpha value is -3.26. The van der Waals surface area contributed by atoms with Crippen molar-refractivity contribution in [2.24, 2.45) is 4.99 Å². The minimum absolute atomic E-state index is 0.0346. The Kier molecular flexibility index (Phi) is 5.51. The lowest BCUT2D eigenvalue weighted by Crippen LogP contribution is -2.23. The van der Waals surface area contributed by atoms with Gasteiger partial charge >= 0.3 is 0 Å². The molecule has 4 heteroatoms. The van der Waals surface area contributed by atoms with Gasteiger partial charge in [0, 0.05) is 10.1 Å². The molecule has 5 aromatic rings. The second kappa shape index (κ2) is 8.94. The molecule has 1 aliphatic rings. The van der Waals surface area contributed by atoms with E-state index in [0.717, 1.165) is 11.5 Å². The molecule has 0 bridgehead atoms. The SMILES string of the molecule is c1ccc(C2COC(c3c(P(c4ccccc4)c4ccccc4)sc4ccccc34)=N2)cc1. The number of rotatable bonds is 5. The lowest BCUT2D eigenvalue weighted by atomic mass is 10.1. The largest absolute Gasteiger partial charge is 0.475 e. The highest BCUT2D eigenvalue weighted by molar-refractivity contribution is 7.84. The van der Waals surface area contributed by atoms with E-state index in [4.69, 9.17) is 9.73 Å². The summed E-state index contributed by atoms with van der Waals surface area (Å²) in [7, 11) is -0.741. The molecule has 1 unspecified atom stereocenters. The molecule has 0 amide bonds. The van der Waals surface area contributed by atoms with Crippen LogP contribution in [0.15, 0.2) is 120 Å². The van der Waals surface area contributed by atoms with Crippen molar-refractivity contribution in [2.45, 2.75) is 6.04 Å². The number of ether oxygens (including phenoxy) is 1. The first-order valence-electron chi connectivity index (χ1n) is 11.1. The first-order valence-corrected chi connectivity index (χ1v) is 13.2. The Balaban J connectivity index is 1.56. The molecule has 0 saturated heterocycles. The van der Waals surface area contributed by atoms with Gasteiger partial charge in [-0.3, -0.25) is 0 Å². The van der Waals surface area contributed by atoms with Crippen molar-refractivity contribution in [3.05, 3.63) is 126 Å². The Bertz CT molecular complexity index is 1370. The Morgan fingerprint density at radius 3 is 1.94 bits per heavy atom. The van der Waals surface area contributed by atoms with Crippen LogP contribution in [0.2, 0.25) is 0 Å². The number of hydrogen-bond donors (Lipinski definition) is 0. The molecular formula is C29H22NOPS. The van der Waals surface area contributed by atoms with Gasteiger partial charge < -0.3 is 4.74 Å². The zero-order valence-electron chi connectivity index (χ0n) is 18.0. The Morgan fingerprint density at radius 2 is 1.27 bits per heavy atom. The van der Waals surface area contributed by atoms with Gasteiger partial charge in [-0.25, -0.2) is 4.99 Å². The summed E-state index contributed by atoms with van der Waals surface area (Å²) in [5.41, 5.74) is 2.36. The van der Waals surface area contributed by atoms with Crippen molar-refractivity contribution >= 4 is 50.5 Å². The summed E-state index contributed by atoms with van der Waals surface area (Å²) in [6, 6.07) is 40.8. The molecule has 0 radical (unpaired) electrons. The van der Waals surface area contributed by atoms with Crippen molar-refractivity contribution in [2.75, 3.05) is 6.61 Å². The second-order valence-corrected chi connectivity index (χ2v) is 11.5. The van der Waals surface area contributed by atoms with Crippen molar-refractivity contribution in [3.63, 3.8) is 0 Å². The van der Waals surface area contributed by atoms with E-state index in [-0.39, 0.29) is 6.04 Å². The number of fused-ring (bicyclic) bond motifs is 1. The van der Waals surface area contributed by atoms with E-state index < -0.39 is 7.92 Å². The highest BCUT2D eigenvalue weighted by atomic mass is 32.1. The second-order valence-electron chi connectivity index (χ2n) is 7.96. The molecule has 33 heavy (non-hydrogen) atoms. The van der Waals surface area contributed by atoms with Crippen LogP contribution in [-0.2, 0) is 4.74 Å². The van der Waals surface area contributed by atoms with Gasteiger partial charge in [0.1, 0.15) is 12.6 Å². The van der Waals surface area contributed by atoms with Gasteiger partial charge in [-0.05, 0) is 30.2 Å². The van der Waals surface area contributed by atoms with Gasteiger partial charge in [-0.1, -0.05) is 109 Å². The van der Waals surface area contributed by atoms with Gasteiger partial charge in [0.25, 0.3) is 0 Å². The van der Waals surface area contributed by atoms with Crippen LogP contribution in [0.25, 0.3) is 10.1 Å². The summed E-state index contributed by atoms with van der Waals surface area (Å²) in [6.07, 6.45) is 0. The minimum Gasteiger partial charge on any atom is -0.475 e. The predicted molar refractivity (Wildman–Crippen MR) is 142 cm³/mol. The van der Waals surface area contributed by atoms with Crippen LogP contribution in [-0.4, -0.2) is 12.5 Å². The molecule has 2 heterocycles. The van der Waals surface area contributed by atoms with Crippen LogP contribution in [0.5, 0.6) is 0 Å². The topological polar surface area (TPSA) is 21.6 Å². The molecule has 2 nitrogen and oxygen atoms in total. The summed E-state index contributed by atoms with van der Waals surface area (Å²) in [5, 5.41) is 3.90. The first kappa shape index (κ1) is 20.4. The first-order chi connectivity index (χ1) is 16.4. The van der Waals surface area contributed by atoms with Crippen molar-refractivity contribution in [1.82, 2.24) is 0 Å². The number of benzene rings is 4. The van der Waals surface area contributed by atoms with Gasteiger partial charge in [0.05, 0.1) is 10.2 Å². The predicted octanol–water partition coefficient (Wildman–Crippen LogP) is 6.18. The number of thiophene rings is 1. The standard InChI is InChI=1S/C29H22NOPS/c1-4-12-21(13-5-1)25-20-31-28(30-25)27-24-18-10-11-19-26(24)33-29(27)32(22-14-6-2-7-15-22)23-16-8-3-9-17-23/h1-19,25H,20H2. The average molecular weight is 464 g/mol. The smallest absolute Gasteiger partial charge is 0.219 e. The maximum absolute atomic E-state index is 6.30. The van der Waals surface area contributed by atoms with E-state index in [1.807, 2.05) is 17.4 Å². The lowest BCUT2D eigenvalue weighted by molar-refractivity contribution is 0.320. The fourth-order valence-electron chi connectivity index (χ4n) is 4.29. The maximum atomic E-state index is 6.30. The maximum Gasteiger partial charge on any atom is 0.219 e. The quantitative estimate of drug-likeness (QED) is 0.285. The van der Waals surface area contributed by atoms with Crippen LogP contribution in [0.4, 0.5) is 0 Å². The molecule has 0 spiro atoms. The van der Waals surface area contributed by atoms with E-state index in [1.54, 1.807) is 0 Å². The van der Waals surface area contributed by atoms with Crippen LogP contribution in [0.1, 0.15) is 17.2 Å². The van der Waals surface area contributed by atoms with Crippen molar-refractivity contribution < 1.29 is 4.74 Å². The average Bonchev–Trinajstić information content (AvgIpc) is 3.51. The monoisotopic (exact) mass is 463 g/mol. The van der Waals surface area contributed by atoms with Crippen molar-refractivity contribution in [1.29, 1.82) is 0 Å². The molecule has 1 aliphatic heterocycles. The minimum atomic E-state index is -0.741. The van der Waals surface area contributed by atoms with Crippen LogP contribution < -0.4 is 15.2 Å². The zero-order chi connectivity index (χ0) is 22.0. The van der Waals surface area contributed by atoms with E-state index in [2.05, 4.69) is 109 Å². The fourth-order valence-corrected chi connectivity index (χ4v) is 8.67. The molecular weight excluding hydrogens is 441 g/mol. The van der Waals surface area contributed by atoms with Gasteiger partial charge in [0.2, 0.25) is 5.90 Å².